The van der Waals surface area contributed by atoms with Gasteiger partial charge in [-0.3, -0.25) is 4.90 Å². The minimum Gasteiger partial charge on any atom is -0.379 e. The van der Waals surface area contributed by atoms with Crippen molar-refractivity contribution in [2.24, 2.45) is 5.73 Å². The number of benzene rings is 1. The van der Waals surface area contributed by atoms with Gasteiger partial charge in [-0.1, -0.05) is 12.1 Å². The molecule has 3 nitrogen and oxygen atoms in total. The summed E-state index contributed by atoms with van der Waals surface area (Å²) in [4.78, 5) is 2.22. The molecule has 4 heteroatoms. The predicted octanol–water partition coefficient (Wildman–Crippen LogP) is 1.38. The lowest BCUT2D eigenvalue weighted by molar-refractivity contribution is -0.0142. The predicted molar refractivity (Wildman–Crippen MR) is 65.1 cm³/mol. The second-order valence-corrected chi connectivity index (χ2v) is 4.76. The van der Waals surface area contributed by atoms with Crippen LogP contribution in [0.2, 0.25) is 0 Å². The monoisotopic (exact) mass is 238 g/mol. The highest BCUT2D eigenvalue weighted by molar-refractivity contribution is 5.18. The zero-order chi connectivity index (χ0) is 12.3. The normalized spacial score (nSPS) is 21.1. The van der Waals surface area contributed by atoms with Crippen LogP contribution in [-0.4, -0.2) is 36.9 Å². The van der Waals surface area contributed by atoms with Crippen molar-refractivity contribution in [2.45, 2.75) is 19.0 Å². The number of ether oxygens (including phenoxy) is 1. The lowest BCUT2D eigenvalue weighted by Gasteiger charge is -2.40. The van der Waals surface area contributed by atoms with E-state index in [1.165, 1.54) is 12.1 Å². The van der Waals surface area contributed by atoms with Crippen molar-refractivity contribution in [2.75, 3.05) is 26.3 Å². The first-order valence-electron chi connectivity index (χ1n) is 5.94. The Hall–Kier alpha value is -0.970. The van der Waals surface area contributed by atoms with Gasteiger partial charge in [-0.15, -0.1) is 0 Å². The molecule has 0 aliphatic carbocycles. The van der Waals surface area contributed by atoms with Gasteiger partial charge < -0.3 is 10.5 Å². The summed E-state index contributed by atoms with van der Waals surface area (Å²) in [6, 6.07) is 6.54. The third kappa shape index (κ3) is 3.25. The van der Waals surface area contributed by atoms with Gasteiger partial charge in [0.15, 0.2) is 0 Å². The summed E-state index contributed by atoms with van der Waals surface area (Å²) in [5.41, 5.74) is 7.00. The maximum Gasteiger partial charge on any atom is 0.123 e. The van der Waals surface area contributed by atoms with E-state index in [0.717, 1.165) is 31.9 Å². The highest BCUT2D eigenvalue weighted by atomic mass is 19.1. The molecule has 0 saturated carbocycles. The van der Waals surface area contributed by atoms with E-state index >= 15 is 0 Å². The van der Waals surface area contributed by atoms with Crippen molar-refractivity contribution in [3.8, 4) is 0 Å². The molecule has 0 bridgehead atoms. The first-order valence-corrected chi connectivity index (χ1v) is 5.94. The molecule has 0 radical (unpaired) electrons. The van der Waals surface area contributed by atoms with Crippen molar-refractivity contribution in [1.82, 2.24) is 4.90 Å². The van der Waals surface area contributed by atoms with Gasteiger partial charge in [0.2, 0.25) is 0 Å². The molecular formula is C13H19FN2O. The van der Waals surface area contributed by atoms with E-state index in [9.17, 15) is 4.39 Å². The van der Waals surface area contributed by atoms with Crippen LogP contribution in [0.5, 0.6) is 0 Å². The number of rotatable bonds is 3. The quantitative estimate of drug-likeness (QED) is 0.864. The number of nitrogens with zero attached hydrogens (tertiary/aromatic N) is 1. The van der Waals surface area contributed by atoms with E-state index in [4.69, 9.17) is 10.5 Å². The van der Waals surface area contributed by atoms with Crippen molar-refractivity contribution < 1.29 is 9.13 Å². The highest BCUT2D eigenvalue weighted by Crippen LogP contribution is 2.17. The summed E-state index contributed by atoms with van der Waals surface area (Å²) < 4.78 is 18.1. The maximum atomic E-state index is 12.8. The van der Waals surface area contributed by atoms with Crippen molar-refractivity contribution in [3.63, 3.8) is 0 Å². The van der Waals surface area contributed by atoms with Crippen LogP contribution in [-0.2, 0) is 11.2 Å². The zero-order valence-corrected chi connectivity index (χ0v) is 10.2. The Kier molecular flexibility index (Phi) is 3.76. The molecule has 1 aromatic rings. The van der Waals surface area contributed by atoms with Crippen LogP contribution in [0.3, 0.4) is 0 Å². The Morgan fingerprint density at radius 3 is 2.47 bits per heavy atom. The summed E-state index contributed by atoms with van der Waals surface area (Å²) >= 11 is 0. The van der Waals surface area contributed by atoms with Gasteiger partial charge in [0, 0.05) is 19.5 Å². The fourth-order valence-corrected chi connectivity index (χ4v) is 2.20. The van der Waals surface area contributed by atoms with Crippen LogP contribution in [0.4, 0.5) is 4.39 Å². The fraction of sp³-hybridized carbons (Fsp3) is 0.538. The second kappa shape index (κ2) is 5.12. The lowest BCUT2D eigenvalue weighted by atomic mass is 10.00. The SMILES string of the molecule is CC(N)(Cc1ccc(F)cc1)N1CCOCC1. The van der Waals surface area contributed by atoms with E-state index in [0.29, 0.717) is 6.42 Å². The molecule has 0 amide bonds. The molecule has 1 fully saturated rings. The third-order valence-electron chi connectivity index (χ3n) is 3.21. The average molecular weight is 238 g/mol. The molecule has 0 spiro atoms. The average Bonchev–Trinajstić information content (AvgIpc) is 2.33. The van der Waals surface area contributed by atoms with Gasteiger partial charge in [0.05, 0.1) is 18.9 Å². The molecule has 2 rings (SSSR count). The molecule has 1 unspecified atom stereocenters. The second-order valence-electron chi connectivity index (χ2n) is 4.76. The van der Waals surface area contributed by atoms with E-state index < -0.39 is 5.66 Å². The number of morpholine rings is 1. The molecule has 0 aromatic heterocycles. The Morgan fingerprint density at radius 1 is 1.29 bits per heavy atom. The van der Waals surface area contributed by atoms with Gasteiger partial charge in [0.25, 0.3) is 0 Å². The molecule has 1 atom stereocenters. The molecular weight excluding hydrogens is 219 g/mol. The van der Waals surface area contributed by atoms with Gasteiger partial charge >= 0.3 is 0 Å². The molecule has 1 aliphatic rings. The molecule has 94 valence electrons. The number of halogens is 1. The van der Waals surface area contributed by atoms with Gasteiger partial charge in [-0.2, -0.15) is 0 Å². The van der Waals surface area contributed by atoms with E-state index in [2.05, 4.69) is 4.90 Å². The summed E-state index contributed by atoms with van der Waals surface area (Å²) in [5, 5.41) is 0. The molecule has 1 saturated heterocycles. The molecule has 1 heterocycles. The van der Waals surface area contributed by atoms with Crippen LogP contribution in [0.1, 0.15) is 12.5 Å². The van der Waals surface area contributed by atoms with E-state index in [1.54, 1.807) is 12.1 Å². The topological polar surface area (TPSA) is 38.5 Å². The summed E-state index contributed by atoms with van der Waals surface area (Å²) in [6.45, 7) is 5.19. The van der Waals surface area contributed by atoms with Crippen molar-refractivity contribution >= 4 is 0 Å². The van der Waals surface area contributed by atoms with Crippen LogP contribution >= 0.6 is 0 Å². The smallest absolute Gasteiger partial charge is 0.123 e. The fourth-order valence-electron chi connectivity index (χ4n) is 2.20. The standard InChI is InChI=1S/C13H19FN2O/c1-13(15,16-6-8-17-9-7-16)10-11-2-4-12(14)5-3-11/h2-5H,6-10,15H2,1H3. The highest BCUT2D eigenvalue weighted by Gasteiger charge is 2.28. The van der Waals surface area contributed by atoms with Crippen LogP contribution in [0.25, 0.3) is 0 Å². The Bertz CT molecular complexity index is 358. The largest absolute Gasteiger partial charge is 0.379 e. The Labute approximate surface area is 101 Å². The third-order valence-corrected chi connectivity index (χ3v) is 3.21. The Balaban J connectivity index is 2.02. The molecule has 1 aromatic carbocycles. The molecule has 2 N–H and O–H groups in total. The van der Waals surface area contributed by atoms with Gasteiger partial charge in [0.1, 0.15) is 5.82 Å². The van der Waals surface area contributed by atoms with Crippen molar-refractivity contribution in [3.05, 3.63) is 35.6 Å². The summed E-state index contributed by atoms with van der Waals surface area (Å²) in [6.07, 6.45) is 0.716. The number of hydrogen-bond donors (Lipinski definition) is 1. The zero-order valence-electron chi connectivity index (χ0n) is 10.2. The first-order chi connectivity index (χ1) is 8.08. The number of nitrogens with two attached hydrogens (primary N) is 1. The van der Waals surface area contributed by atoms with Gasteiger partial charge in [-0.05, 0) is 24.6 Å². The first kappa shape index (κ1) is 12.5. The van der Waals surface area contributed by atoms with Crippen LogP contribution < -0.4 is 5.73 Å². The maximum absolute atomic E-state index is 12.8. The lowest BCUT2D eigenvalue weighted by Crippen LogP contribution is -2.58. The Morgan fingerprint density at radius 2 is 1.88 bits per heavy atom. The van der Waals surface area contributed by atoms with E-state index in [-0.39, 0.29) is 5.82 Å². The van der Waals surface area contributed by atoms with E-state index in [1.807, 2.05) is 6.92 Å². The summed E-state index contributed by atoms with van der Waals surface area (Å²) in [5.74, 6) is -0.209. The van der Waals surface area contributed by atoms with Crippen LogP contribution in [0, 0.1) is 5.82 Å². The minimum absolute atomic E-state index is 0.209. The van der Waals surface area contributed by atoms with Gasteiger partial charge in [-0.25, -0.2) is 4.39 Å². The minimum atomic E-state index is -0.401. The summed E-state index contributed by atoms with van der Waals surface area (Å²) in [7, 11) is 0. The van der Waals surface area contributed by atoms with Crippen molar-refractivity contribution in [1.29, 1.82) is 0 Å². The number of hydrogen-bond acceptors (Lipinski definition) is 3. The molecule has 17 heavy (non-hydrogen) atoms. The van der Waals surface area contributed by atoms with Crippen LogP contribution in [0.15, 0.2) is 24.3 Å². The molecule has 1 aliphatic heterocycles.